The Labute approximate surface area is 200 Å². The molecule has 3 aromatic rings. The molecule has 2 aliphatic rings. The number of nitrogens with zero attached hydrogens (tertiary/aromatic N) is 3. The lowest BCUT2D eigenvalue weighted by molar-refractivity contribution is -0.126. The minimum atomic E-state index is -0.543. The molecule has 1 aliphatic carbocycles. The maximum Gasteiger partial charge on any atom is 0.318 e. The molecule has 2 amide bonds. The summed E-state index contributed by atoms with van der Waals surface area (Å²) in [5.41, 5.74) is 7.64. The number of carbonyl (C=O) groups is 2. The third kappa shape index (κ3) is 4.47. The molecule has 3 heterocycles. The van der Waals surface area contributed by atoms with Gasteiger partial charge in [0.1, 0.15) is 18.8 Å². The van der Waals surface area contributed by atoms with Crippen molar-refractivity contribution in [3.63, 3.8) is 0 Å². The molecular weight excluding hydrogens is 462 g/mol. The lowest BCUT2D eigenvalue weighted by Crippen LogP contribution is -2.65. The fourth-order valence-electron chi connectivity index (χ4n) is 4.92. The number of nitrogens with one attached hydrogen (secondary N) is 1. The Morgan fingerprint density at radius 1 is 1.24 bits per heavy atom. The van der Waals surface area contributed by atoms with Gasteiger partial charge in [-0.3, -0.25) is 4.79 Å². The number of hydrogen-bond acceptors (Lipinski definition) is 7. The van der Waals surface area contributed by atoms with Gasteiger partial charge in [-0.1, -0.05) is 41.8 Å². The number of nitrogen functional groups attached to an aromatic ring is 1. The second-order valence-corrected chi connectivity index (χ2v) is 10.2. The van der Waals surface area contributed by atoms with Crippen LogP contribution in [0.2, 0.25) is 4.34 Å². The van der Waals surface area contributed by atoms with E-state index < -0.39 is 6.04 Å². The van der Waals surface area contributed by atoms with Gasteiger partial charge in [0.15, 0.2) is 10.8 Å². The number of ether oxygens (including phenoxy) is 1. The molecule has 5 rings (SSSR count). The Morgan fingerprint density at radius 2 is 2.09 bits per heavy atom. The quantitative estimate of drug-likeness (QED) is 0.545. The molecule has 0 spiro atoms. The highest BCUT2D eigenvalue weighted by molar-refractivity contribution is 7.17. The first-order valence-electron chi connectivity index (χ1n) is 11.0. The molecule has 0 radical (unpaired) electrons. The van der Waals surface area contributed by atoms with E-state index in [2.05, 4.69) is 15.3 Å². The third-order valence-corrected chi connectivity index (χ3v) is 7.63. The summed E-state index contributed by atoms with van der Waals surface area (Å²) in [5, 5.41) is 4.35. The average Bonchev–Trinajstić information content (AvgIpc) is 3.24. The summed E-state index contributed by atoms with van der Waals surface area (Å²) in [6, 6.07) is 8.49. The summed E-state index contributed by atoms with van der Waals surface area (Å²) >= 11 is 7.22. The van der Waals surface area contributed by atoms with Crippen molar-refractivity contribution in [3.05, 3.63) is 46.6 Å². The van der Waals surface area contributed by atoms with Crippen LogP contribution in [-0.4, -0.2) is 45.4 Å². The van der Waals surface area contributed by atoms with Crippen molar-refractivity contribution in [1.29, 1.82) is 0 Å². The van der Waals surface area contributed by atoms with Gasteiger partial charge in [0.05, 0.1) is 15.9 Å². The third-order valence-electron chi connectivity index (χ3n) is 6.49. The minimum Gasteiger partial charge on any atom is -0.476 e. The number of benzene rings is 1. The number of thiophene rings is 1. The maximum absolute atomic E-state index is 13.1. The number of anilines is 1. The summed E-state index contributed by atoms with van der Waals surface area (Å²) in [4.78, 5) is 36.3. The summed E-state index contributed by atoms with van der Waals surface area (Å²) in [6.07, 6.45) is 5.30. The van der Waals surface area contributed by atoms with E-state index in [1.54, 1.807) is 12.1 Å². The molecule has 2 fully saturated rings. The zero-order valence-electron chi connectivity index (χ0n) is 17.9. The summed E-state index contributed by atoms with van der Waals surface area (Å²) < 4.78 is 6.23. The van der Waals surface area contributed by atoms with Gasteiger partial charge in [0.25, 0.3) is 0 Å². The van der Waals surface area contributed by atoms with Crippen molar-refractivity contribution in [3.8, 4) is 5.06 Å². The number of halogens is 1. The highest BCUT2D eigenvalue weighted by Crippen LogP contribution is 2.36. The Bertz CT molecular complexity index is 1200. The molecule has 1 aromatic carbocycles. The molecule has 172 valence electrons. The zero-order chi connectivity index (χ0) is 22.9. The van der Waals surface area contributed by atoms with Gasteiger partial charge in [0.2, 0.25) is 0 Å². The van der Waals surface area contributed by atoms with E-state index in [1.807, 2.05) is 23.1 Å². The van der Waals surface area contributed by atoms with Crippen LogP contribution in [0.15, 0.2) is 36.7 Å². The van der Waals surface area contributed by atoms with Crippen LogP contribution in [0.1, 0.15) is 31.2 Å². The SMILES string of the molecule is Nc1ncnc2cc(CN3C(=O)NC(C(=O)COc4ccc(Cl)s4)C4CCCCC43)ccc12. The second kappa shape index (κ2) is 9.15. The number of amides is 2. The van der Waals surface area contributed by atoms with Crippen LogP contribution in [0.4, 0.5) is 10.6 Å². The first-order chi connectivity index (χ1) is 16.0. The van der Waals surface area contributed by atoms with Crippen molar-refractivity contribution in [2.24, 2.45) is 5.92 Å². The maximum atomic E-state index is 13.1. The smallest absolute Gasteiger partial charge is 0.318 e. The first kappa shape index (κ1) is 21.9. The van der Waals surface area contributed by atoms with Crippen molar-refractivity contribution < 1.29 is 14.3 Å². The molecular formula is C23H24ClN5O3S. The molecule has 33 heavy (non-hydrogen) atoms. The molecule has 3 atom stereocenters. The molecule has 1 aliphatic heterocycles. The summed E-state index contributed by atoms with van der Waals surface area (Å²) in [7, 11) is 0. The standard InChI is InChI=1S/C23H24ClN5O3S/c24-19-7-8-20(33-19)32-11-18(30)21-15-3-1-2-4-17(15)29(23(31)28-21)10-13-5-6-14-16(9-13)26-12-27-22(14)25/h5-9,12,15,17,21H,1-4,10-11H2,(H,28,31)(H2,25,26,27). The van der Waals surface area contributed by atoms with Gasteiger partial charge in [-0.25, -0.2) is 14.8 Å². The molecule has 3 N–H and O–H groups in total. The van der Waals surface area contributed by atoms with Crippen molar-refractivity contribution in [2.75, 3.05) is 12.3 Å². The van der Waals surface area contributed by atoms with Crippen LogP contribution in [0.3, 0.4) is 0 Å². The topological polar surface area (TPSA) is 110 Å². The fourth-order valence-corrected chi connectivity index (χ4v) is 5.80. The molecule has 2 aromatic heterocycles. The number of hydrogen-bond donors (Lipinski definition) is 2. The largest absolute Gasteiger partial charge is 0.476 e. The predicted molar refractivity (Wildman–Crippen MR) is 127 cm³/mol. The Morgan fingerprint density at radius 3 is 2.91 bits per heavy atom. The highest BCUT2D eigenvalue weighted by Gasteiger charge is 2.45. The fraction of sp³-hybridized carbons (Fsp3) is 0.391. The number of Topliss-reactive ketones (excluding diaryl/α,β-unsaturated/α-hetero) is 1. The van der Waals surface area contributed by atoms with E-state index in [4.69, 9.17) is 22.1 Å². The van der Waals surface area contributed by atoms with E-state index >= 15 is 0 Å². The van der Waals surface area contributed by atoms with Crippen LogP contribution in [0.25, 0.3) is 10.9 Å². The van der Waals surface area contributed by atoms with Gasteiger partial charge >= 0.3 is 6.03 Å². The van der Waals surface area contributed by atoms with Gasteiger partial charge in [0, 0.05) is 23.9 Å². The number of ketones is 1. The van der Waals surface area contributed by atoms with Gasteiger partial charge in [-0.15, -0.1) is 0 Å². The van der Waals surface area contributed by atoms with E-state index in [0.29, 0.717) is 21.8 Å². The van der Waals surface area contributed by atoms with Crippen LogP contribution in [0.5, 0.6) is 5.06 Å². The van der Waals surface area contributed by atoms with Crippen molar-refractivity contribution in [2.45, 2.75) is 44.3 Å². The van der Waals surface area contributed by atoms with Crippen LogP contribution in [-0.2, 0) is 11.3 Å². The Balaban J connectivity index is 1.32. The summed E-state index contributed by atoms with van der Waals surface area (Å²) in [5.74, 6) is 0.378. The van der Waals surface area contributed by atoms with Gasteiger partial charge < -0.3 is 20.7 Å². The van der Waals surface area contributed by atoms with Crippen LogP contribution >= 0.6 is 22.9 Å². The normalized spacial score (nSPS) is 22.6. The van der Waals surface area contributed by atoms with Crippen LogP contribution < -0.4 is 15.8 Å². The zero-order valence-corrected chi connectivity index (χ0v) is 19.4. The van der Waals surface area contributed by atoms with Crippen molar-refractivity contribution in [1.82, 2.24) is 20.2 Å². The van der Waals surface area contributed by atoms with E-state index in [0.717, 1.165) is 42.1 Å². The number of rotatable bonds is 6. The number of urea groups is 1. The van der Waals surface area contributed by atoms with Crippen LogP contribution in [0, 0.1) is 5.92 Å². The molecule has 8 nitrogen and oxygen atoms in total. The lowest BCUT2D eigenvalue weighted by Gasteiger charge is -2.47. The lowest BCUT2D eigenvalue weighted by atomic mass is 9.76. The number of aromatic nitrogens is 2. The number of fused-ring (bicyclic) bond motifs is 2. The number of nitrogens with two attached hydrogens (primary N) is 1. The van der Waals surface area contributed by atoms with Gasteiger partial charge in [-0.05, 0) is 42.7 Å². The Kier molecular flexibility index (Phi) is 6.07. The average molecular weight is 486 g/mol. The van der Waals surface area contributed by atoms with Crippen molar-refractivity contribution >= 4 is 51.5 Å². The molecule has 3 unspecified atom stereocenters. The molecule has 1 saturated heterocycles. The highest BCUT2D eigenvalue weighted by atomic mass is 35.5. The summed E-state index contributed by atoms with van der Waals surface area (Å²) in [6.45, 7) is 0.356. The monoisotopic (exact) mass is 485 g/mol. The van der Waals surface area contributed by atoms with E-state index in [1.165, 1.54) is 17.7 Å². The Hall–Kier alpha value is -2.91. The second-order valence-electron chi connectivity index (χ2n) is 8.49. The van der Waals surface area contributed by atoms with E-state index in [9.17, 15) is 9.59 Å². The predicted octanol–water partition coefficient (Wildman–Crippen LogP) is 4.03. The molecule has 10 heteroatoms. The van der Waals surface area contributed by atoms with E-state index in [-0.39, 0.29) is 30.4 Å². The first-order valence-corrected chi connectivity index (χ1v) is 12.2. The molecule has 0 bridgehead atoms. The van der Waals surface area contributed by atoms with Gasteiger partial charge in [-0.2, -0.15) is 0 Å². The number of carbonyl (C=O) groups excluding carboxylic acids is 2. The minimum absolute atomic E-state index is 0.00352. The molecule has 1 saturated carbocycles.